The Morgan fingerprint density at radius 3 is 1.92 bits per heavy atom. The van der Waals surface area contributed by atoms with Crippen molar-refractivity contribution < 1.29 is 33.4 Å². The van der Waals surface area contributed by atoms with Crippen molar-refractivity contribution in [2.45, 2.75) is 17.2 Å². The lowest BCUT2D eigenvalue weighted by Crippen LogP contribution is -2.37. The Balaban J connectivity index is 1.18. The van der Waals surface area contributed by atoms with Crippen LogP contribution in [0.4, 0.5) is 11.4 Å². The van der Waals surface area contributed by atoms with Crippen LogP contribution < -0.4 is 10.2 Å². The average molecular weight is 545 g/mol. The number of esters is 2. The van der Waals surface area contributed by atoms with Gasteiger partial charge in [0.05, 0.1) is 46.5 Å². The normalized spacial score (nSPS) is 27.7. The van der Waals surface area contributed by atoms with Crippen LogP contribution in [0.3, 0.4) is 0 Å². The van der Waals surface area contributed by atoms with Crippen LogP contribution in [0.1, 0.15) is 27.1 Å². The highest BCUT2D eigenvalue weighted by molar-refractivity contribution is 6.32. The molecule has 1 aliphatic heterocycles. The van der Waals surface area contributed by atoms with Gasteiger partial charge in [0.1, 0.15) is 0 Å². The molecule has 1 saturated heterocycles. The zero-order valence-corrected chi connectivity index (χ0v) is 21.1. The monoisotopic (exact) mass is 544 g/mol. The van der Waals surface area contributed by atoms with Crippen molar-refractivity contribution in [2.75, 3.05) is 23.9 Å². The number of ether oxygens (including phenoxy) is 2. The largest absolute Gasteiger partial charge is 0.465 e. The second-order valence-electron chi connectivity index (χ2n) is 9.26. The number of hydrogen-bond donors (Lipinski definition) is 1. The molecule has 2 saturated carbocycles. The summed E-state index contributed by atoms with van der Waals surface area (Å²) in [7, 11) is 1.27. The molecule has 3 aliphatic rings. The number of benzene rings is 2. The van der Waals surface area contributed by atoms with Gasteiger partial charge in [-0.1, -0.05) is 0 Å². The standard InChI is InChI=1S/C26H22Cl2N2O7/c1-36-25(34)12-2-6-14(7-3-12)29-18(31)11-37-26(35)13-4-8-15(9-5-13)30-23(32)19-16-10-17(20(19)24(30)33)22(28)21(16)27/h2-9,16-17,19-22H,10-11H2,1H3,(H,29,31)/t16-,17-,19-,20-,21-,22+/m1/s1. The van der Waals surface area contributed by atoms with Gasteiger partial charge in [-0.15, -0.1) is 23.2 Å². The summed E-state index contributed by atoms with van der Waals surface area (Å²) in [6.07, 6.45) is 0.681. The van der Waals surface area contributed by atoms with Crippen LogP contribution in [0.5, 0.6) is 0 Å². The predicted molar refractivity (Wildman–Crippen MR) is 133 cm³/mol. The number of hydrogen-bond acceptors (Lipinski definition) is 7. The van der Waals surface area contributed by atoms with E-state index in [1.165, 1.54) is 55.6 Å². The van der Waals surface area contributed by atoms with Gasteiger partial charge in [-0.2, -0.15) is 0 Å². The van der Waals surface area contributed by atoms with Crippen LogP contribution in [0, 0.1) is 23.7 Å². The number of carbonyl (C=O) groups is 5. The van der Waals surface area contributed by atoms with Crippen molar-refractivity contribution in [3.8, 4) is 0 Å². The number of nitrogens with zero attached hydrogens (tertiary/aromatic N) is 1. The molecule has 0 spiro atoms. The fraction of sp³-hybridized carbons (Fsp3) is 0.346. The van der Waals surface area contributed by atoms with Crippen molar-refractivity contribution in [3.63, 3.8) is 0 Å². The molecule has 1 N–H and O–H groups in total. The Morgan fingerprint density at radius 1 is 0.865 bits per heavy atom. The third kappa shape index (κ3) is 4.36. The van der Waals surface area contributed by atoms with Crippen LogP contribution in [-0.4, -0.2) is 54.1 Å². The lowest BCUT2D eigenvalue weighted by molar-refractivity contribution is -0.123. The van der Waals surface area contributed by atoms with Gasteiger partial charge in [-0.05, 0) is 66.8 Å². The first-order valence-electron chi connectivity index (χ1n) is 11.6. The maximum atomic E-state index is 13.1. The van der Waals surface area contributed by atoms with Crippen LogP contribution in [0.25, 0.3) is 0 Å². The van der Waals surface area contributed by atoms with Crippen LogP contribution >= 0.6 is 23.2 Å². The summed E-state index contributed by atoms with van der Waals surface area (Å²) in [6, 6.07) is 11.9. The summed E-state index contributed by atoms with van der Waals surface area (Å²) in [4.78, 5) is 63.4. The summed E-state index contributed by atoms with van der Waals surface area (Å²) >= 11 is 12.8. The molecule has 5 rings (SSSR count). The quantitative estimate of drug-likeness (QED) is 0.336. The lowest BCUT2D eigenvalue weighted by atomic mass is 9.80. The van der Waals surface area contributed by atoms with Gasteiger partial charge in [0, 0.05) is 5.69 Å². The Hall–Kier alpha value is -3.43. The molecule has 0 unspecified atom stereocenters. The third-order valence-electron chi connectivity index (χ3n) is 7.27. The smallest absolute Gasteiger partial charge is 0.338 e. The van der Waals surface area contributed by atoms with Crippen LogP contribution in [-0.2, 0) is 23.9 Å². The van der Waals surface area contributed by atoms with Crippen molar-refractivity contribution in [2.24, 2.45) is 23.7 Å². The first-order valence-corrected chi connectivity index (χ1v) is 12.5. The third-order valence-corrected chi connectivity index (χ3v) is 8.59. The summed E-state index contributed by atoms with van der Waals surface area (Å²) in [5, 5.41) is 1.89. The van der Waals surface area contributed by atoms with Gasteiger partial charge in [0.2, 0.25) is 11.8 Å². The van der Waals surface area contributed by atoms with E-state index in [1.54, 1.807) is 0 Å². The molecular formula is C26H22Cl2N2O7. The molecule has 37 heavy (non-hydrogen) atoms. The van der Waals surface area contributed by atoms with Gasteiger partial charge in [0.15, 0.2) is 6.61 Å². The highest BCUT2D eigenvalue weighted by atomic mass is 35.5. The highest BCUT2D eigenvalue weighted by Crippen LogP contribution is 2.59. The van der Waals surface area contributed by atoms with Gasteiger partial charge in [-0.25, -0.2) is 9.59 Å². The molecule has 2 aromatic rings. The molecule has 2 bridgehead atoms. The number of imide groups is 1. The Kier molecular flexibility index (Phi) is 6.68. The minimum atomic E-state index is -0.744. The van der Waals surface area contributed by atoms with E-state index in [4.69, 9.17) is 27.9 Å². The van der Waals surface area contributed by atoms with E-state index in [0.717, 1.165) is 4.90 Å². The molecule has 6 atom stereocenters. The number of carbonyl (C=O) groups excluding carboxylic acids is 5. The summed E-state index contributed by atoms with van der Waals surface area (Å²) in [5.41, 5.74) is 1.25. The van der Waals surface area contributed by atoms with E-state index in [0.29, 0.717) is 23.4 Å². The van der Waals surface area contributed by atoms with E-state index in [-0.39, 0.29) is 40.0 Å². The first kappa shape index (κ1) is 25.2. The molecule has 192 valence electrons. The molecule has 2 aliphatic carbocycles. The second kappa shape index (κ2) is 9.79. The summed E-state index contributed by atoms with van der Waals surface area (Å²) in [6.45, 7) is -0.534. The van der Waals surface area contributed by atoms with Crippen LogP contribution in [0.2, 0.25) is 0 Å². The number of methoxy groups -OCH3 is 1. The first-order chi connectivity index (χ1) is 17.7. The molecule has 0 aromatic heterocycles. The highest BCUT2D eigenvalue weighted by Gasteiger charge is 2.66. The van der Waals surface area contributed by atoms with E-state index in [1.807, 2.05) is 0 Å². The summed E-state index contributed by atoms with van der Waals surface area (Å²) in [5.74, 6) is -3.55. The average Bonchev–Trinajstić information content (AvgIpc) is 3.52. The van der Waals surface area contributed by atoms with Crippen LogP contribution in [0.15, 0.2) is 48.5 Å². The van der Waals surface area contributed by atoms with Gasteiger partial charge in [0.25, 0.3) is 5.91 Å². The Labute approximate surface area is 222 Å². The molecule has 3 amide bonds. The molecule has 11 heteroatoms. The Morgan fingerprint density at radius 2 is 1.38 bits per heavy atom. The zero-order valence-electron chi connectivity index (χ0n) is 19.6. The molecule has 1 heterocycles. The number of nitrogens with one attached hydrogen (secondary N) is 1. The fourth-order valence-corrected chi connectivity index (χ4v) is 6.46. The number of fused-ring (bicyclic) bond motifs is 5. The molecule has 3 fully saturated rings. The van der Waals surface area contributed by atoms with Crippen molar-refractivity contribution >= 4 is 64.2 Å². The summed E-state index contributed by atoms with van der Waals surface area (Å²) < 4.78 is 9.69. The Bertz CT molecular complexity index is 1250. The number of amides is 3. The van der Waals surface area contributed by atoms with E-state index < -0.39 is 36.3 Å². The molecule has 0 radical (unpaired) electrons. The lowest BCUT2D eigenvalue weighted by Gasteiger charge is -2.28. The minimum Gasteiger partial charge on any atom is -0.465 e. The van der Waals surface area contributed by atoms with Gasteiger partial charge in [-0.3, -0.25) is 19.3 Å². The van der Waals surface area contributed by atoms with Crippen molar-refractivity contribution in [1.29, 1.82) is 0 Å². The van der Waals surface area contributed by atoms with Gasteiger partial charge >= 0.3 is 11.9 Å². The van der Waals surface area contributed by atoms with E-state index >= 15 is 0 Å². The van der Waals surface area contributed by atoms with E-state index in [2.05, 4.69) is 10.1 Å². The number of rotatable bonds is 6. The minimum absolute atomic E-state index is 0.119. The molecule has 2 aromatic carbocycles. The molecular weight excluding hydrogens is 523 g/mol. The number of halogens is 2. The maximum Gasteiger partial charge on any atom is 0.338 e. The second-order valence-corrected chi connectivity index (χ2v) is 10.3. The van der Waals surface area contributed by atoms with Crippen molar-refractivity contribution in [3.05, 3.63) is 59.7 Å². The molecule has 9 nitrogen and oxygen atoms in total. The predicted octanol–water partition coefficient (Wildman–Crippen LogP) is 3.24. The fourth-order valence-electron chi connectivity index (χ4n) is 5.57. The number of anilines is 2. The SMILES string of the molecule is COC(=O)c1ccc(NC(=O)COC(=O)c2ccc(N3C(=O)[C@@H]4[C@H]5C[C@@H]([C@@H](Cl)[C@H]5Cl)[C@H]4C3=O)cc2)cc1. The zero-order chi connectivity index (χ0) is 26.4. The topological polar surface area (TPSA) is 119 Å². The maximum absolute atomic E-state index is 13.1. The van der Waals surface area contributed by atoms with Crippen molar-refractivity contribution in [1.82, 2.24) is 0 Å². The number of alkyl halides is 2. The van der Waals surface area contributed by atoms with E-state index in [9.17, 15) is 24.0 Å². The van der Waals surface area contributed by atoms with Gasteiger partial charge < -0.3 is 14.8 Å².